The quantitative estimate of drug-likeness (QED) is 0.872. The summed E-state index contributed by atoms with van der Waals surface area (Å²) in [7, 11) is 1.61. The molecule has 0 radical (unpaired) electrons. The molecule has 0 bridgehead atoms. The fourth-order valence-corrected chi connectivity index (χ4v) is 2.02. The maximum atomic E-state index is 9.80. The predicted octanol–water partition coefficient (Wildman–Crippen LogP) is 3.97. The average molecular weight is 284 g/mol. The number of methoxy groups -OCH3 is 1. The number of rotatable bonds is 6. The van der Waals surface area contributed by atoms with Crippen molar-refractivity contribution in [2.75, 3.05) is 7.11 Å². The van der Waals surface area contributed by atoms with Crippen LogP contribution in [0.3, 0.4) is 0 Å². The first-order valence-corrected chi connectivity index (χ1v) is 6.84. The third kappa shape index (κ3) is 3.86. The Labute approximate surface area is 125 Å². The van der Waals surface area contributed by atoms with Gasteiger partial charge in [-0.15, -0.1) is 0 Å². The standard InChI is InChI=1S/C18H20O3/c1-4-14-5-7-15(8-6-14)12-21-18-11-16(20-3)9-10-17(18)13(2)19/h4-11,13,19H,1,12H2,2-3H3. The van der Waals surface area contributed by atoms with E-state index in [9.17, 15) is 5.11 Å². The molecule has 2 aromatic rings. The van der Waals surface area contributed by atoms with Crippen LogP contribution in [0.15, 0.2) is 49.0 Å². The molecular formula is C18H20O3. The van der Waals surface area contributed by atoms with Gasteiger partial charge in [0.1, 0.15) is 18.1 Å². The van der Waals surface area contributed by atoms with Crippen LogP contribution >= 0.6 is 0 Å². The van der Waals surface area contributed by atoms with E-state index in [1.54, 1.807) is 26.2 Å². The predicted molar refractivity (Wildman–Crippen MR) is 84.5 cm³/mol. The summed E-state index contributed by atoms with van der Waals surface area (Å²) in [4.78, 5) is 0. The Balaban J connectivity index is 2.15. The molecule has 0 fully saturated rings. The van der Waals surface area contributed by atoms with Crippen molar-refractivity contribution in [3.05, 3.63) is 65.7 Å². The number of aliphatic hydroxyl groups excluding tert-OH is 1. The maximum absolute atomic E-state index is 9.80. The summed E-state index contributed by atoms with van der Waals surface area (Å²) in [6.45, 7) is 5.88. The minimum atomic E-state index is -0.589. The maximum Gasteiger partial charge on any atom is 0.129 e. The van der Waals surface area contributed by atoms with E-state index < -0.39 is 6.10 Å². The third-order valence-electron chi connectivity index (χ3n) is 3.28. The zero-order chi connectivity index (χ0) is 15.2. The molecule has 3 nitrogen and oxygen atoms in total. The van der Waals surface area contributed by atoms with Crippen LogP contribution < -0.4 is 9.47 Å². The Morgan fingerprint density at radius 3 is 2.48 bits per heavy atom. The first-order chi connectivity index (χ1) is 10.1. The smallest absolute Gasteiger partial charge is 0.129 e. The average Bonchev–Trinajstić information content (AvgIpc) is 2.52. The molecule has 3 heteroatoms. The van der Waals surface area contributed by atoms with Crippen LogP contribution in [0.2, 0.25) is 0 Å². The summed E-state index contributed by atoms with van der Waals surface area (Å²) in [6.07, 6.45) is 1.21. The second kappa shape index (κ2) is 6.95. The fraction of sp³-hybridized carbons (Fsp3) is 0.222. The minimum absolute atomic E-state index is 0.435. The SMILES string of the molecule is C=Cc1ccc(COc2cc(OC)ccc2C(C)O)cc1. The van der Waals surface area contributed by atoms with Crippen LogP contribution in [-0.4, -0.2) is 12.2 Å². The van der Waals surface area contributed by atoms with Gasteiger partial charge in [-0.25, -0.2) is 0 Å². The van der Waals surface area contributed by atoms with Crippen LogP contribution in [0.25, 0.3) is 6.08 Å². The highest BCUT2D eigenvalue weighted by atomic mass is 16.5. The van der Waals surface area contributed by atoms with E-state index in [1.807, 2.05) is 36.4 Å². The van der Waals surface area contributed by atoms with Gasteiger partial charge in [0.15, 0.2) is 0 Å². The van der Waals surface area contributed by atoms with Crippen LogP contribution in [0.4, 0.5) is 0 Å². The molecule has 0 aliphatic heterocycles. The lowest BCUT2D eigenvalue weighted by Crippen LogP contribution is -2.01. The molecular weight excluding hydrogens is 264 g/mol. The van der Waals surface area contributed by atoms with Crippen LogP contribution in [0.1, 0.15) is 29.7 Å². The van der Waals surface area contributed by atoms with E-state index in [-0.39, 0.29) is 0 Å². The van der Waals surface area contributed by atoms with Crippen molar-refractivity contribution in [2.24, 2.45) is 0 Å². The fourth-order valence-electron chi connectivity index (χ4n) is 2.02. The Bertz CT molecular complexity index is 600. The molecule has 0 aliphatic carbocycles. The van der Waals surface area contributed by atoms with Gasteiger partial charge in [-0.05, 0) is 30.2 Å². The second-order valence-corrected chi connectivity index (χ2v) is 4.81. The summed E-state index contributed by atoms with van der Waals surface area (Å²) in [5.74, 6) is 1.34. The Morgan fingerprint density at radius 1 is 1.19 bits per heavy atom. The van der Waals surface area contributed by atoms with Gasteiger partial charge in [-0.3, -0.25) is 0 Å². The van der Waals surface area contributed by atoms with Gasteiger partial charge in [-0.2, -0.15) is 0 Å². The normalized spacial score (nSPS) is 11.8. The van der Waals surface area contributed by atoms with Gasteiger partial charge in [-0.1, -0.05) is 36.9 Å². The molecule has 0 spiro atoms. The van der Waals surface area contributed by atoms with Gasteiger partial charge in [0, 0.05) is 11.6 Å². The van der Waals surface area contributed by atoms with Gasteiger partial charge in [0.25, 0.3) is 0 Å². The molecule has 2 rings (SSSR count). The molecule has 0 saturated heterocycles. The van der Waals surface area contributed by atoms with Crippen LogP contribution in [0, 0.1) is 0 Å². The van der Waals surface area contributed by atoms with E-state index in [1.165, 1.54) is 0 Å². The molecule has 1 N–H and O–H groups in total. The molecule has 0 amide bonds. The highest BCUT2D eigenvalue weighted by Crippen LogP contribution is 2.30. The van der Waals surface area contributed by atoms with E-state index in [0.29, 0.717) is 18.1 Å². The molecule has 110 valence electrons. The second-order valence-electron chi connectivity index (χ2n) is 4.81. The zero-order valence-electron chi connectivity index (χ0n) is 12.4. The monoisotopic (exact) mass is 284 g/mol. The molecule has 21 heavy (non-hydrogen) atoms. The largest absolute Gasteiger partial charge is 0.497 e. The summed E-state index contributed by atoms with van der Waals surface area (Å²) in [5, 5.41) is 9.80. The van der Waals surface area contributed by atoms with Crippen molar-refractivity contribution >= 4 is 6.08 Å². The summed E-state index contributed by atoms with van der Waals surface area (Å²) >= 11 is 0. The van der Waals surface area contributed by atoms with Gasteiger partial charge in [0.05, 0.1) is 13.2 Å². The molecule has 1 unspecified atom stereocenters. The van der Waals surface area contributed by atoms with Crippen LogP contribution in [-0.2, 0) is 6.61 Å². The van der Waals surface area contributed by atoms with E-state index in [0.717, 1.165) is 16.7 Å². The highest BCUT2D eigenvalue weighted by molar-refractivity contribution is 5.47. The lowest BCUT2D eigenvalue weighted by atomic mass is 10.1. The summed E-state index contributed by atoms with van der Waals surface area (Å²) in [5.41, 5.74) is 2.88. The molecule has 2 aromatic carbocycles. The van der Waals surface area contributed by atoms with Crippen molar-refractivity contribution < 1.29 is 14.6 Å². The zero-order valence-corrected chi connectivity index (χ0v) is 12.4. The summed E-state index contributed by atoms with van der Waals surface area (Å²) < 4.78 is 11.0. The third-order valence-corrected chi connectivity index (χ3v) is 3.28. The van der Waals surface area contributed by atoms with Crippen molar-refractivity contribution in [1.29, 1.82) is 0 Å². The molecule has 0 aromatic heterocycles. The molecule has 0 heterocycles. The minimum Gasteiger partial charge on any atom is -0.497 e. The van der Waals surface area contributed by atoms with Crippen molar-refractivity contribution in [3.8, 4) is 11.5 Å². The van der Waals surface area contributed by atoms with E-state index >= 15 is 0 Å². The van der Waals surface area contributed by atoms with Crippen LogP contribution in [0.5, 0.6) is 11.5 Å². The first-order valence-electron chi connectivity index (χ1n) is 6.84. The van der Waals surface area contributed by atoms with Gasteiger partial charge in [0.2, 0.25) is 0 Å². The van der Waals surface area contributed by atoms with E-state index in [2.05, 4.69) is 6.58 Å². The molecule has 0 aliphatic rings. The Morgan fingerprint density at radius 2 is 1.90 bits per heavy atom. The topological polar surface area (TPSA) is 38.7 Å². The Hall–Kier alpha value is -2.26. The van der Waals surface area contributed by atoms with Crippen molar-refractivity contribution in [3.63, 3.8) is 0 Å². The lowest BCUT2D eigenvalue weighted by molar-refractivity contribution is 0.190. The van der Waals surface area contributed by atoms with E-state index in [4.69, 9.17) is 9.47 Å². The number of aliphatic hydroxyl groups is 1. The number of benzene rings is 2. The van der Waals surface area contributed by atoms with Gasteiger partial charge >= 0.3 is 0 Å². The highest BCUT2D eigenvalue weighted by Gasteiger charge is 2.10. The lowest BCUT2D eigenvalue weighted by Gasteiger charge is -2.15. The Kier molecular flexibility index (Phi) is 5.01. The number of hydrogen-bond acceptors (Lipinski definition) is 3. The van der Waals surface area contributed by atoms with Crippen molar-refractivity contribution in [1.82, 2.24) is 0 Å². The molecule has 0 saturated carbocycles. The van der Waals surface area contributed by atoms with Crippen molar-refractivity contribution in [2.45, 2.75) is 19.6 Å². The number of ether oxygens (including phenoxy) is 2. The van der Waals surface area contributed by atoms with Gasteiger partial charge < -0.3 is 14.6 Å². The summed E-state index contributed by atoms with van der Waals surface area (Å²) in [6, 6.07) is 13.4. The number of hydrogen-bond donors (Lipinski definition) is 1. The molecule has 1 atom stereocenters. The first kappa shape index (κ1) is 15.1.